The third-order valence-corrected chi connectivity index (χ3v) is 5.93. The predicted octanol–water partition coefficient (Wildman–Crippen LogP) is 2.80. The fourth-order valence-corrected chi connectivity index (χ4v) is 4.16. The summed E-state index contributed by atoms with van der Waals surface area (Å²) in [6.07, 6.45) is 1.46. The molecule has 35 heavy (non-hydrogen) atoms. The number of hydrogen-bond acceptors (Lipinski definition) is 6. The lowest BCUT2D eigenvalue weighted by Crippen LogP contribution is -2.35. The van der Waals surface area contributed by atoms with Gasteiger partial charge in [-0.25, -0.2) is 14.3 Å². The van der Waals surface area contributed by atoms with E-state index in [9.17, 15) is 14.4 Å². The lowest BCUT2D eigenvalue weighted by Gasteiger charge is -2.17. The molecule has 0 fully saturated rings. The number of carbonyl (C=O) groups excluding carboxylic acids is 2. The Morgan fingerprint density at radius 1 is 1.09 bits per heavy atom. The van der Waals surface area contributed by atoms with Gasteiger partial charge in [-0.1, -0.05) is 53.7 Å². The molecule has 182 valence electrons. The van der Waals surface area contributed by atoms with Gasteiger partial charge in [0.05, 0.1) is 12.7 Å². The summed E-state index contributed by atoms with van der Waals surface area (Å²) in [4.78, 5) is 35.2. The molecule has 2 amide bonds. The van der Waals surface area contributed by atoms with Crippen LogP contribution in [0.4, 0.5) is 4.79 Å². The molecule has 4 rings (SSSR count). The maximum Gasteiger partial charge on any atom is 0.407 e. The number of carboxylic acids is 1. The van der Waals surface area contributed by atoms with E-state index in [1.54, 1.807) is 0 Å². The molecule has 3 aromatic rings. The van der Waals surface area contributed by atoms with Crippen molar-refractivity contribution in [2.75, 3.05) is 13.2 Å². The smallest absolute Gasteiger partial charge is 0.407 e. The number of amides is 2. The summed E-state index contributed by atoms with van der Waals surface area (Å²) in [7, 11) is 0. The first-order valence-electron chi connectivity index (χ1n) is 11.4. The second-order valence-electron chi connectivity index (χ2n) is 8.43. The molecule has 0 saturated carbocycles. The number of carboxylic acid groups (broad SMARTS) is 1. The van der Waals surface area contributed by atoms with E-state index >= 15 is 0 Å². The molecule has 0 spiro atoms. The summed E-state index contributed by atoms with van der Waals surface area (Å²) in [6, 6.07) is 16.0. The number of rotatable bonds is 10. The zero-order chi connectivity index (χ0) is 24.8. The molecule has 0 radical (unpaired) electrons. The highest BCUT2D eigenvalue weighted by Gasteiger charge is 2.29. The van der Waals surface area contributed by atoms with Crippen LogP contribution >= 0.6 is 0 Å². The monoisotopic (exact) mass is 477 g/mol. The molecule has 1 aromatic heterocycles. The number of fused-ring (bicyclic) bond motifs is 3. The molecule has 1 aliphatic carbocycles. The van der Waals surface area contributed by atoms with Gasteiger partial charge < -0.3 is 20.5 Å². The highest BCUT2D eigenvalue weighted by Crippen LogP contribution is 2.44. The molecule has 0 bridgehead atoms. The van der Waals surface area contributed by atoms with Crippen LogP contribution in [0, 0.1) is 0 Å². The van der Waals surface area contributed by atoms with Crippen LogP contribution in [0.15, 0.2) is 54.7 Å². The molecule has 1 heterocycles. The molecular weight excluding hydrogens is 450 g/mol. The van der Waals surface area contributed by atoms with E-state index in [2.05, 4.69) is 45.2 Å². The van der Waals surface area contributed by atoms with Crippen LogP contribution in [-0.2, 0) is 16.1 Å². The lowest BCUT2D eigenvalue weighted by molar-refractivity contribution is -0.121. The van der Waals surface area contributed by atoms with Crippen molar-refractivity contribution in [2.45, 2.75) is 38.3 Å². The van der Waals surface area contributed by atoms with E-state index in [1.807, 2.05) is 31.2 Å². The summed E-state index contributed by atoms with van der Waals surface area (Å²) < 4.78 is 6.89. The van der Waals surface area contributed by atoms with E-state index < -0.39 is 12.1 Å². The number of nitrogens with one attached hydrogen (secondary N) is 2. The topological polar surface area (TPSA) is 135 Å². The normalized spacial score (nSPS) is 12.9. The van der Waals surface area contributed by atoms with Gasteiger partial charge in [0, 0.05) is 24.9 Å². The van der Waals surface area contributed by atoms with Crippen molar-refractivity contribution in [2.24, 2.45) is 0 Å². The van der Waals surface area contributed by atoms with Crippen molar-refractivity contribution in [1.29, 1.82) is 0 Å². The number of alkyl carbamates (subject to hydrolysis) is 1. The van der Waals surface area contributed by atoms with Gasteiger partial charge in [0.15, 0.2) is 5.69 Å². The van der Waals surface area contributed by atoms with Gasteiger partial charge in [-0.3, -0.25) is 4.79 Å². The van der Waals surface area contributed by atoms with Gasteiger partial charge in [0.2, 0.25) is 5.91 Å². The number of benzene rings is 2. The number of carbonyl (C=O) groups is 3. The zero-order valence-corrected chi connectivity index (χ0v) is 19.3. The van der Waals surface area contributed by atoms with Crippen LogP contribution in [-0.4, -0.2) is 57.3 Å². The highest BCUT2D eigenvalue weighted by molar-refractivity contribution is 5.84. The van der Waals surface area contributed by atoms with Gasteiger partial charge >= 0.3 is 12.1 Å². The van der Waals surface area contributed by atoms with Gasteiger partial charge in [0.1, 0.15) is 6.61 Å². The first-order chi connectivity index (χ1) is 16.9. The minimum absolute atomic E-state index is 0.00852. The molecule has 0 aliphatic heterocycles. The molecule has 2 aromatic carbocycles. The SMILES string of the molecule is CC(CCC(=O)NCCn1cc(C(=O)O)nn1)NC(=O)OCC1c2ccccc2-c2ccccc21. The first kappa shape index (κ1) is 23.9. The number of ether oxygens (including phenoxy) is 1. The Labute approximate surface area is 202 Å². The molecule has 1 aliphatic rings. The van der Waals surface area contributed by atoms with Crippen molar-refractivity contribution in [1.82, 2.24) is 25.6 Å². The number of hydrogen-bond donors (Lipinski definition) is 3. The van der Waals surface area contributed by atoms with Gasteiger partial charge in [0.25, 0.3) is 0 Å². The van der Waals surface area contributed by atoms with Crippen LogP contribution < -0.4 is 10.6 Å². The molecule has 10 nitrogen and oxygen atoms in total. The summed E-state index contributed by atoms with van der Waals surface area (Å²) in [6.45, 7) is 2.64. The second kappa shape index (κ2) is 10.8. The maximum atomic E-state index is 12.4. The largest absolute Gasteiger partial charge is 0.476 e. The van der Waals surface area contributed by atoms with Crippen molar-refractivity contribution < 1.29 is 24.2 Å². The Balaban J connectivity index is 1.17. The molecule has 10 heteroatoms. The van der Waals surface area contributed by atoms with Crippen LogP contribution in [0.2, 0.25) is 0 Å². The third-order valence-electron chi connectivity index (χ3n) is 5.93. The van der Waals surface area contributed by atoms with Crippen molar-refractivity contribution in [3.8, 4) is 11.1 Å². The number of aromatic carboxylic acids is 1. The van der Waals surface area contributed by atoms with E-state index in [0.29, 0.717) is 13.0 Å². The van der Waals surface area contributed by atoms with E-state index in [-0.39, 0.29) is 43.1 Å². The van der Waals surface area contributed by atoms with Gasteiger partial charge in [-0.15, -0.1) is 5.10 Å². The molecule has 3 N–H and O–H groups in total. The van der Waals surface area contributed by atoms with Crippen LogP contribution in [0.1, 0.15) is 47.3 Å². The summed E-state index contributed by atoms with van der Waals surface area (Å²) in [5.74, 6) is -1.34. The van der Waals surface area contributed by atoms with Gasteiger partial charge in [-0.2, -0.15) is 0 Å². The Morgan fingerprint density at radius 3 is 2.37 bits per heavy atom. The maximum absolute atomic E-state index is 12.4. The molecular formula is C25H27N5O5. The summed E-state index contributed by atoms with van der Waals surface area (Å²) in [5.41, 5.74) is 4.49. The average molecular weight is 478 g/mol. The Kier molecular flexibility index (Phi) is 7.39. The van der Waals surface area contributed by atoms with Crippen molar-refractivity contribution >= 4 is 18.0 Å². The Hall–Kier alpha value is -4.21. The summed E-state index contributed by atoms with van der Waals surface area (Å²) >= 11 is 0. The first-order valence-corrected chi connectivity index (χ1v) is 11.4. The fourth-order valence-electron chi connectivity index (χ4n) is 4.16. The predicted molar refractivity (Wildman–Crippen MR) is 127 cm³/mol. The third kappa shape index (κ3) is 5.84. The highest BCUT2D eigenvalue weighted by atomic mass is 16.5. The standard InChI is InChI=1S/C25H27N5O5/c1-16(10-11-23(31)26-12-13-30-14-22(24(32)33)28-29-30)27-25(34)35-15-21-19-8-4-2-6-17(19)18-7-3-5-9-20(18)21/h2-9,14,16,21H,10-13,15H2,1H3,(H,26,31)(H,27,34)(H,32,33). The van der Waals surface area contributed by atoms with Crippen molar-refractivity contribution in [3.05, 3.63) is 71.5 Å². The summed E-state index contributed by atoms with van der Waals surface area (Å²) in [5, 5.41) is 21.6. The number of nitrogens with zero attached hydrogens (tertiary/aromatic N) is 3. The zero-order valence-electron chi connectivity index (χ0n) is 19.3. The minimum Gasteiger partial charge on any atom is -0.476 e. The van der Waals surface area contributed by atoms with Crippen LogP contribution in [0.5, 0.6) is 0 Å². The fraction of sp³-hybridized carbons (Fsp3) is 0.320. The van der Waals surface area contributed by atoms with E-state index in [0.717, 1.165) is 11.1 Å². The van der Waals surface area contributed by atoms with Crippen molar-refractivity contribution in [3.63, 3.8) is 0 Å². The minimum atomic E-state index is -1.15. The molecule has 1 unspecified atom stereocenters. The number of aromatic nitrogens is 3. The quantitative estimate of drug-likeness (QED) is 0.409. The Bertz CT molecular complexity index is 1180. The van der Waals surface area contributed by atoms with Crippen LogP contribution in [0.3, 0.4) is 0 Å². The lowest BCUT2D eigenvalue weighted by atomic mass is 9.98. The second-order valence-corrected chi connectivity index (χ2v) is 8.43. The molecule has 0 saturated heterocycles. The van der Waals surface area contributed by atoms with E-state index in [1.165, 1.54) is 22.0 Å². The Morgan fingerprint density at radius 2 is 1.74 bits per heavy atom. The van der Waals surface area contributed by atoms with Crippen LogP contribution in [0.25, 0.3) is 11.1 Å². The van der Waals surface area contributed by atoms with E-state index in [4.69, 9.17) is 9.84 Å². The molecule has 1 atom stereocenters. The van der Waals surface area contributed by atoms with Gasteiger partial charge in [-0.05, 0) is 35.6 Å². The average Bonchev–Trinajstić information content (AvgIpc) is 3.45.